The van der Waals surface area contributed by atoms with Crippen LogP contribution in [0.15, 0.2) is 241 Å². The number of benzene rings is 12. The van der Waals surface area contributed by atoms with Gasteiger partial charge in [0.2, 0.25) is 0 Å². The summed E-state index contributed by atoms with van der Waals surface area (Å²) in [6.07, 6.45) is 0. The van der Waals surface area contributed by atoms with E-state index in [4.69, 9.17) is 4.42 Å². The fraction of sp³-hybridized carbons (Fsp3) is 0. The third-order valence-corrected chi connectivity index (χ3v) is 14.0. The van der Waals surface area contributed by atoms with Crippen molar-refractivity contribution in [2.75, 3.05) is 0 Å². The van der Waals surface area contributed by atoms with E-state index < -0.39 is 0 Å². The van der Waals surface area contributed by atoms with Crippen molar-refractivity contribution in [2.24, 2.45) is 0 Å². The molecule has 12 aromatic carbocycles. The zero-order chi connectivity index (χ0) is 43.3. The lowest BCUT2D eigenvalue weighted by Gasteiger charge is -2.19. The Morgan fingerprint density at radius 1 is 0.273 bits per heavy atom. The van der Waals surface area contributed by atoms with Crippen LogP contribution >= 0.6 is 0 Å². The van der Waals surface area contributed by atoms with E-state index in [9.17, 15) is 0 Å². The molecule has 2 aromatic heterocycles. The molecular formula is C64H39NO. The zero-order valence-electron chi connectivity index (χ0n) is 35.9. The van der Waals surface area contributed by atoms with Crippen molar-refractivity contribution < 1.29 is 4.42 Å². The lowest BCUT2D eigenvalue weighted by Crippen LogP contribution is -1.96. The number of hydrogen-bond acceptors (Lipinski definition) is 1. The van der Waals surface area contributed by atoms with Crippen molar-refractivity contribution in [2.45, 2.75) is 0 Å². The van der Waals surface area contributed by atoms with Gasteiger partial charge >= 0.3 is 0 Å². The Hall–Kier alpha value is -8.72. The Labute approximate surface area is 380 Å². The summed E-state index contributed by atoms with van der Waals surface area (Å²) in [6.45, 7) is 0. The second-order valence-corrected chi connectivity index (χ2v) is 17.4. The predicted octanol–water partition coefficient (Wildman–Crippen LogP) is 18.0. The summed E-state index contributed by atoms with van der Waals surface area (Å²) in [4.78, 5) is 0. The van der Waals surface area contributed by atoms with E-state index in [0.29, 0.717) is 0 Å². The van der Waals surface area contributed by atoms with Crippen molar-refractivity contribution >= 4 is 86.8 Å². The van der Waals surface area contributed by atoms with Crippen LogP contribution in [0.1, 0.15) is 0 Å². The molecule has 0 N–H and O–H groups in total. The van der Waals surface area contributed by atoms with Gasteiger partial charge in [0.05, 0.1) is 11.0 Å². The lowest BCUT2D eigenvalue weighted by molar-refractivity contribution is 0.670. The average molecular weight is 838 g/mol. The second-order valence-electron chi connectivity index (χ2n) is 17.4. The standard InChI is InChI=1S/C64H39NO/c1-3-19-40(20-4-1)59-45-24-7-9-26-47(45)60(48-27-10-8-25-46(48)59)41-37-38-44-54-33-18-35-56(64(54)66-58(44)39-41)62-51-30-13-11-28-49(51)61(50-29-12-14-31-52(50)62)55-34-17-32-53-43-23-15-16-36-57(43)65(63(53)55)42-21-5-2-6-22-42/h1-39H. The minimum atomic E-state index is 0.876. The summed E-state index contributed by atoms with van der Waals surface area (Å²) in [5, 5.41) is 14.4. The Morgan fingerprint density at radius 2 is 0.712 bits per heavy atom. The first-order chi connectivity index (χ1) is 32.8. The summed E-state index contributed by atoms with van der Waals surface area (Å²) >= 11 is 0. The van der Waals surface area contributed by atoms with Crippen LogP contribution in [0.5, 0.6) is 0 Å². The molecule has 0 radical (unpaired) electrons. The molecule has 0 bridgehead atoms. The smallest absolute Gasteiger partial charge is 0.143 e. The summed E-state index contributed by atoms with van der Waals surface area (Å²) in [7, 11) is 0. The van der Waals surface area contributed by atoms with E-state index >= 15 is 0 Å². The summed E-state index contributed by atoms with van der Waals surface area (Å²) < 4.78 is 9.63. The van der Waals surface area contributed by atoms with Gasteiger partial charge in [-0.2, -0.15) is 0 Å². The number of aromatic nitrogens is 1. The van der Waals surface area contributed by atoms with E-state index in [-0.39, 0.29) is 0 Å². The molecular weight excluding hydrogens is 799 g/mol. The number of nitrogens with zero attached hydrogens (tertiary/aromatic N) is 1. The molecule has 66 heavy (non-hydrogen) atoms. The molecule has 2 heteroatoms. The predicted molar refractivity (Wildman–Crippen MR) is 280 cm³/mol. The van der Waals surface area contributed by atoms with Crippen molar-refractivity contribution in [1.82, 2.24) is 4.57 Å². The van der Waals surface area contributed by atoms with E-state index in [1.165, 1.54) is 98.3 Å². The highest BCUT2D eigenvalue weighted by Crippen LogP contribution is 2.50. The number of para-hydroxylation sites is 4. The zero-order valence-corrected chi connectivity index (χ0v) is 35.9. The van der Waals surface area contributed by atoms with E-state index in [0.717, 1.165) is 38.8 Å². The average Bonchev–Trinajstić information content (AvgIpc) is 3.94. The molecule has 0 spiro atoms. The fourth-order valence-electron chi connectivity index (χ4n) is 11.3. The molecule has 0 saturated carbocycles. The number of fused-ring (bicyclic) bond motifs is 10. The highest BCUT2D eigenvalue weighted by atomic mass is 16.3. The fourth-order valence-corrected chi connectivity index (χ4v) is 11.3. The summed E-state index contributed by atoms with van der Waals surface area (Å²) in [5.74, 6) is 0. The highest BCUT2D eigenvalue weighted by Gasteiger charge is 2.24. The first-order valence-corrected chi connectivity index (χ1v) is 22.8. The molecule has 0 atom stereocenters. The summed E-state index contributed by atoms with van der Waals surface area (Å²) in [5.41, 5.74) is 14.9. The topological polar surface area (TPSA) is 18.1 Å². The van der Waals surface area contributed by atoms with Crippen LogP contribution in [-0.2, 0) is 0 Å². The van der Waals surface area contributed by atoms with Gasteiger partial charge in [-0.05, 0) is 101 Å². The van der Waals surface area contributed by atoms with Gasteiger partial charge in [0.1, 0.15) is 11.2 Å². The van der Waals surface area contributed by atoms with E-state index in [1.807, 2.05) is 0 Å². The van der Waals surface area contributed by atoms with Gasteiger partial charge in [-0.25, -0.2) is 0 Å². The lowest BCUT2D eigenvalue weighted by atomic mass is 9.85. The largest absolute Gasteiger partial charge is 0.455 e. The van der Waals surface area contributed by atoms with Gasteiger partial charge in [-0.3, -0.25) is 0 Å². The Kier molecular flexibility index (Phi) is 8.02. The molecule has 14 aromatic rings. The van der Waals surface area contributed by atoms with E-state index in [1.54, 1.807) is 0 Å². The van der Waals surface area contributed by atoms with Gasteiger partial charge in [-0.15, -0.1) is 0 Å². The normalized spacial score (nSPS) is 11.9. The van der Waals surface area contributed by atoms with Gasteiger partial charge in [-0.1, -0.05) is 206 Å². The molecule has 0 fully saturated rings. The first-order valence-electron chi connectivity index (χ1n) is 22.8. The third-order valence-electron chi connectivity index (χ3n) is 14.0. The molecule has 0 amide bonds. The Balaban J connectivity index is 1.02. The Bertz CT molecular complexity index is 4160. The quantitative estimate of drug-likeness (QED) is 0.158. The van der Waals surface area contributed by atoms with Crippen LogP contribution in [0.4, 0.5) is 0 Å². The number of furan rings is 1. The van der Waals surface area contributed by atoms with E-state index in [2.05, 4.69) is 241 Å². The second kappa shape index (κ2) is 14.4. The van der Waals surface area contributed by atoms with Crippen molar-refractivity contribution in [3.8, 4) is 50.2 Å². The maximum Gasteiger partial charge on any atom is 0.143 e. The number of hydrogen-bond donors (Lipinski definition) is 0. The van der Waals surface area contributed by atoms with Crippen LogP contribution in [-0.4, -0.2) is 4.57 Å². The third kappa shape index (κ3) is 5.30. The molecule has 0 unspecified atom stereocenters. The monoisotopic (exact) mass is 837 g/mol. The minimum absolute atomic E-state index is 0.876. The van der Waals surface area contributed by atoms with Gasteiger partial charge in [0.25, 0.3) is 0 Å². The highest BCUT2D eigenvalue weighted by molar-refractivity contribution is 6.27. The van der Waals surface area contributed by atoms with Crippen LogP contribution in [0.25, 0.3) is 137 Å². The molecule has 0 aliphatic carbocycles. The van der Waals surface area contributed by atoms with Crippen LogP contribution in [0.2, 0.25) is 0 Å². The molecule has 0 saturated heterocycles. The molecule has 0 aliphatic rings. The van der Waals surface area contributed by atoms with Crippen molar-refractivity contribution in [3.05, 3.63) is 237 Å². The van der Waals surface area contributed by atoms with Crippen LogP contribution in [0, 0.1) is 0 Å². The Morgan fingerprint density at radius 3 is 1.30 bits per heavy atom. The SMILES string of the molecule is c1ccc(-c2c3ccccc3c(-c3ccc4c(c3)oc3c(-c5c6ccccc6c(-c6cccc7c8ccccc8n(-c8ccccc8)c67)c6ccccc56)cccc34)c3ccccc23)cc1. The van der Waals surface area contributed by atoms with Gasteiger partial charge in [0.15, 0.2) is 0 Å². The maximum atomic E-state index is 7.18. The van der Waals surface area contributed by atoms with Gasteiger partial charge < -0.3 is 8.98 Å². The maximum absolute atomic E-state index is 7.18. The molecule has 0 aliphatic heterocycles. The molecule has 2 nitrogen and oxygen atoms in total. The van der Waals surface area contributed by atoms with Crippen LogP contribution < -0.4 is 0 Å². The molecule has 2 heterocycles. The summed E-state index contributed by atoms with van der Waals surface area (Å²) in [6, 6.07) is 86.2. The number of rotatable bonds is 5. The molecule has 14 rings (SSSR count). The minimum Gasteiger partial charge on any atom is -0.455 e. The van der Waals surface area contributed by atoms with Gasteiger partial charge in [0, 0.05) is 43.9 Å². The molecule has 306 valence electrons. The van der Waals surface area contributed by atoms with Crippen molar-refractivity contribution in [3.63, 3.8) is 0 Å². The van der Waals surface area contributed by atoms with Crippen LogP contribution in [0.3, 0.4) is 0 Å². The van der Waals surface area contributed by atoms with Crippen molar-refractivity contribution in [1.29, 1.82) is 0 Å². The first kappa shape index (κ1) is 36.7.